The van der Waals surface area contributed by atoms with Crippen LogP contribution in [-0.4, -0.2) is 20.6 Å². The van der Waals surface area contributed by atoms with E-state index in [9.17, 15) is 22.0 Å². The molecule has 0 saturated carbocycles. The second-order valence-corrected chi connectivity index (χ2v) is 6.25. The highest BCUT2D eigenvalue weighted by atomic mass is 32.2. The number of anilines is 2. The number of nitrogens with one attached hydrogen (secondary N) is 2. The van der Waals surface area contributed by atoms with E-state index in [-0.39, 0.29) is 16.9 Å². The summed E-state index contributed by atoms with van der Waals surface area (Å²) in [6, 6.07) is 8.39. The van der Waals surface area contributed by atoms with Gasteiger partial charge in [0.05, 0.1) is 23.2 Å². The number of sulfonamides is 1. The normalized spacial score (nSPS) is 11.0. The van der Waals surface area contributed by atoms with Gasteiger partial charge in [-0.3, -0.25) is 9.52 Å². The summed E-state index contributed by atoms with van der Waals surface area (Å²) in [6.07, 6.45) is 0.915. The van der Waals surface area contributed by atoms with Gasteiger partial charge in [-0.1, -0.05) is 12.1 Å². The number of hydrogen-bond donors (Lipinski definition) is 2. The zero-order valence-electron chi connectivity index (χ0n) is 11.4. The maximum Gasteiger partial charge on any atom is 0.258 e. The molecule has 0 atom stereocenters. The molecule has 0 aliphatic heterocycles. The van der Waals surface area contributed by atoms with Crippen molar-refractivity contribution in [2.24, 2.45) is 0 Å². The Morgan fingerprint density at radius 1 is 1.05 bits per heavy atom. The Morgan fingerprint density at radius 3 is 2.36 bits per heavy atom. The molecule has 5 nitrogen and oxygen atoms in total. The number of carbonyl (C=O) groups excluding carboxylic acids is 1. The summed E-state index contributed by atoms with van der Waals surface area (Å²) in [5, 5.41) is 2.29. The van der Waals surface area contributed by atoms with Gasteiger partial charge in [0.15, 0.2) is 0 Å². The Kier molecular flexibility index (Phi) is 4.41. The molecule has 0 fully saturated rings. The number of hydrogen-bond acceptors (Lipinski definition) is 3. The number of carbonyl (C=O) groups is 1. The van der Waals surface area contributed by atoms with Gasteiger partial charge in [-0.2, -0.15) is 0 Å². The monoisotopic (exact) mass is 326 g/mol. The van der Waals surface area contributed by atoms with Crippen molar-refractivity contribution in [3.05, 3.63) is 59.7 Å². The van der Waals surface area contributed by atoms with E-state index < -0.39 is 27.6 Å². The Bertz CT molecular complexity index is 823. The van der Waals surface area contributed by atoms with Crippen LogP contribution in [0.15, 0.2) is 42.5 Å². The molecular formula is C14H12F2N2O3S. The predicted octanol–water partition coefficient (Wildman–Crippen LogP) is 2.59. The minimum absolute atomic E-state index is 0.0198. The Morgan fingerprint density at radius 2 is 1.73 bits per heavy atom. The molecule has 2 aromatic rings. The summed E-state index contributed by atoms with van der Waals surface area (Å²) in [6.45, 7) is 0. The van der Waals surface area contributed by atoms with E-state index >= 15 is 0 Å². The van der Waals surface area contributed by atoms with Gasteiger partial charge in [0, 0.05) is 0 Å². The van der Waals surface area contributed by atoms with E-state index in [0.717, 1.165) is 30.5 Å². The molecule has 0 unspecified atom stereocenters. The summed E-state index contributed by atoms with van der Waals surface area (Å²) in [7, 11) is -3.62. The van der Waals surface area contributed by atoms with Crippen molar-refractivity contribution >= 4 is 27.3 Å². The molecule has 2 aromatic carbocycles. The van der Waals surface area contributed by atoms with E-state index in [1.165, 1.54) is 18.2 Å². The summed E-state index contributed by atoms with van der Waals surface area (Å²) < 4.78 is 51.5. The van der Waals surface area contributed by atoms with E-state index in [1.54, 1.807) is 0 Å². The van der Waals surface area contributed by atoms with Crippen LogP contribution >= 0.6 is 0 Å². The highest BCUT2D eigenvalue weighted by Crippen LogP contribution is 2.24. The van der Waals surface area contributed by atoms with Crippen LogP contribution in [0.3, 0.4) is 0 Å². The molecular weight excluding hydrogens is 314 g/mol. The number of halogens is 2. The minimum atomic E-state index is -3.62. The average molecular weight is 326 g/mol. The fourth-order valence-electron chi connectivity index (χ4n) is 1.74. The van der Waals surface area contributed by atoms with E-state index in [2.05, 4.69) is 10.0 Å². The van der Waals surface area contributed by atoms with Gasteiger partial charge in [-0.15, -0.1) is 0 Å². The molecule has 0 aliphatic carbocycles. The van der Waals surface area contributed by atoms with Crippen LogP contribution in [0, 0.1) is 11.6 Å². The summed E-state index contributed by atoms with van der Waals surface area (Å²) >= 11 is 0. The third-order valence-electron chi connectivity index (χ3n) is 2.64. The van der Waals surface area contributed by atoms with Crippen LogP contribution in [0.2, 0.25) is 0 Å². The van der Waals surface area contributed by atoms with Crippen LogP contribution in [0.1, 0.15) is 10.4 Å². The predicted molar refractivity (Wildman–Crippen MR) is 79.2 cm³/mol. The van der Waals surface area contributed by atoms with Gasteiger partial charge in [0.2, 0.25) is 10.0 Å². The molecule has 0 aliphatic rings. The maximum absolute atomic E-state index is 13.5. The number of amides is 1. The van der Waals surface area contributed by atoms with Crippen molar-refractivity contribution in [3.8, 4) is 0 Å². The maximum atomic E-state index is 13.5. The highest BCUT2D eigenvalue weighted by Gasteiger charge is 2.15. The van der Waals surface area contributed by atoms with E-state index in [4.69, 9.17) is 0 Å². The quantitative estimate of drug-likeness (QED) is 0.907. The molecule has 1 amide bonds. The third kappa shape index (κ3) is 4.01. The lowest BCUT2D eigenvalue weighted by molar-refractivity contribution is 0.102. The molecule has 0 spiro atoms. The largest absolute Gasteiger partial charge is 0.320 e. The highest BCUT2D eigenvalue weighted by molar-refractivity contribution is 7.92. The standard InChI is InChI=1S/C14H12F2N2O3S/c1-22(20,21)18-12-7-6-9(15)8-13(12)17-14(19)10-4-2-3-5-11(10)16/h2-8,18H,1H3,(H,17,19). The second-order valence-electron chi connectivity index (χ2n) is 4.50. The van der Waals surface area contributed by atoms with Crippen LogP contribution < -0.4 is 10.0 Å². The van der Waals surface area contributed by atoms with Gasteiger partial charge in [0.1, 0.15) is 11.6 Å². The molecule has 22 heavy (non-hydrogen) atoms. The first-order valence-electron chi connectivity index (χ1n) is 6.09. The lowest BCUT2D eigenvalue weighted by Crippen LogP contribution is -2.17. The van der Waals surface area contributed by atoms with Crippen LogP contribution in [0.5, 0.6) is 0 Å². The van der Waals surface area contributed by atoms with Crippen molar-refractivity contribution in [2.45, 2.75) is 0 Å². The molecule has 0 heterocycles. The smallest absolute Gasteiger partial charge is 0.258 e. The Hall–Kier alpha value is -2.48. The molecule has 0 radical (unpaired) electrons. The Balaban J connectivity index is 2.34. The zero-order chi connectivity index (χ0) is 16.3. The SMILES string of the molecule is CS(=O)(=O)Nc1ccc(F)cc1NC(=O)c1ccccc1F. The molecule has 0 bridgehead atoms. The third-order valence-corrected chi connectivity index (χ3v) is 3.23. The fourth-order valence-corrected chi connectivity index (χ4v) is 2.32. The zero-order valence-corrected chi connectivity index (χ0v) is 12.2. The first kappa shape index (κ1) is 15.9. The van der Waals surface area contributed by atoms with E-state index in [0.29, 0.717) is 0 Å². The van der Waals surface area contributed by atoms with Crippen molar-refractivity contribution in [1.29, 1.82) is 0 Å². The lowest BCUT2D eigenvalue weighted by Gasteiger charge is -2.12. The molecule has 2 N–H and O–H groups in total. The summed E-state index contributed by atoms with van der Waals surface area (Å²) in [5.74, 6) is -2.24. The van der Waals surface area contributed by atoms with Crippen LogP contribution in [0.25, 0.3) is 0 Å². The molecule has 0 saturated heterocycles. The topological polar surface area (TPSA) is 75.3 Å². The fraction of sp³-hybridized carbons (Fsp3) is 0.0714. The second kappa shape index (κ2) is 6.10. The molecule has 0 aromatic heterocycles. The van der Waals surface area contributed by atoms with Crippen molar-refractivity contribution < 1.29 is 22.0 Å². The number of benzene rings is 2. The van der Waals surface area contributed by atoms with Gasteiger partial charge in [-0.05, 0) is 30.3 Å². The average Bonchev–Trinajstić information content (AvgIpc) is 2.41. The van der Waals surface area contributed by atoms with Crippen molar-refractivity contribution in [1.82, 2.24) is 0 Å². The van der Waals surface area contributed by atoms with Gasteiger partial charge in [0.25, 0.3) is 5.91 Å². The molecule has 2 rings (SSSR count). The Labute approximate surface area is 126 Å². The number of rotatable bonds is 4. The van der Waals surface area contributed by atoms with Gasteiger partial charge in [-0.25, -0.2) is 17.2 Å². The van der Waals surface area contributed by atoms with Gasteiger partial charge < -0.3 is 5.32 Å². The minimum Gasteiger partial charge on any atom is -0.320 e. The molecule has 8 heteroatoms. The van der Waals surface area contributed by atoms with Crippen LogP contribution in [0.4, 0.5) is 20.2 Å². The van der Waals surface area contributed by atoms with Gasteiger partial charge >= 0.3 is 0 Å². The van der Waals surface area contributed by atoms with Crippen molar-refractivity contribution in [2.75, 3.05) is 16.3 Å². The van der Waals surface area contributed by atoms with Crippen molar-refractivity contribution in [3.63, 3.8) is 0 Å². The lowest BCUT2D eigenvalue weighted by atomic mass is 10.2. The summed E-state index contributed by atoms with van der Waals surface area (Å²) in [5.41, 5.74) is -0.371. The van der Waals surface area contributed by atoms with Crippen LogP contribution in [-0.2, 0) is 10.0 Å². The van der Waals surface area contributed by atoms with E-state index in [1.807, 2.05) is 0 Å². The molecule has 116 valence electrons. The summed E-state index contributed by atoms with van der Waals surface area (Å²) in [4.78, 5) is 12.0. The first-order valence-corrected chi connectivity index (χ1v) is 7.98. The first-order chi connectivity index (χ1) is 10.3.